The van der Waals surface area contributed by atoms with Gasteiger partial charge >= 0.3 is 0 Å². The molecule has 19 heavy (non-hydrogen) atoms. The second kappa shape index (κ2) is 6.36. The zero-order valence-electron chi connectivity index (χ0n) is 10.6. The summed E-state index contributed by atoms with van der Waals surface area (Å²) in [6, 6.07) is 4.20. The number of halogens is 1. The van der Waals surface area contributed by atoms with Crippen molar-refractivity contribution in [3.05, 3.63) is 22.7 Å². The van der Waals surface area contributed by atoms with E-state index < -0.39 is 10.0 Å². The average Bonchev–Trinajstić information content (AvgIpc) is 2.29. The quantitative estimate of drug-likeness (QED) is 0.685. The lowest BCUT2D eigenvalue weighted by molar-refractivity contribution is -0.120. The Hall–Kier alpha value is -1.12. The lowest BCUT2D eigenvalue weighted by atomic mass is 10.3. The van der Waals surface area contributed by atoms with Gasteiger partial charge < -0.3 is 11.1 Å². The largest absolute Gasteiger partial charge is 0.398 e. The molecule has 4 N–H and O–H groups in total. The van der Waals surface area contributed by atoms with Crippen LogP contribution in [0.15, 0.2) is 27.6 Å². The van der Waals surface area contributed by atoms with Crippen molar-refractivity contribution in [2.24, 2.45) is 0 Å². The van der Waals surface area contributed by atoms with Crippen LogP contribution in [0.5, 0.6) is 0 Å². The van der Waals surface area contributed by atoms with Gasteiger partial charge in [0.15, 0.2) is 0 Å². The summed E-state index contributed by atoms with van der Waals surface area (Å²) < 4.78 is 26.6. The van der Waals surface area contributed by atoms with Gasteiger partial charge in [-0.3, -0.25) is 4.79 Å². The predicted octanol–water partition coefficient (Wildman–Crippen LogP) is 0.834. The Bertz CT molecular complexity index is 573. The number of rotatable bonds is 5. The Kier molecular flexibility index (Phi) is 5.33. The molecule has 0 fully saturated rings. The highest BCUT2D eigenvalue weighted by Crippen LogP contribution is 2.22. The number of sulfonamides is 1. The van der Waals surface area contributed by atoms with Crippen LogP contribution in [-0.4, -0.2) is 26.9 Å². The van der Waals surface area contributed by atoms with Crippen LogP contribution in [0.1, 0.15) is 13.8 Å². The molecule has 1 aromatic rings. The van der Waals surface area contributed by atoms with E-state index in [1.54, 1.807) is 13.8 Å². The Morgan fingerprint density at radius 3 is 2.58 bits per heavy atom. The minimum absolute atomic E-state index is 0.0392. The van der Waals surface area contributed by atoms with Gasteiger partial charge in [0.1, 0.15) is 0 Å². The molecule has 0 aliphatic carbocycles. The van der Waals surface area contributed by atoms with Crippen molar-refractivity contribution in [3.8, 4) is 0 Å². The van der Waals surface area contributed by atoms with E-state index in [0.717, 1.165) is 0 Å². The van der Waals surface area contributed by atoms with Crippen molar-refractivity contribution < 1.29 is 13.2 Å². The molecule has 0 aliphatic rings. The van der Waals surface area contributed by atoms with Crippen LogP contribution in [0, 0.1) is 0 Å². The first kappa shape index (κ1) is 15.9. The van der Waals surface area contributed by atoms with E-state index in [0.29, 0.717) is 10.2 Å². The molecule has 0 saturated heterocycles. The van der Waals surface area contributed by atoms with E-state index in [-0.39, 0.29) is 23.4 Å². The third kappa shape index (κ3) is 4.81. The monoisotopic (exact) mass is 349 g/mol. The predicted molar refractivity (Wildman–Crippen MR) is 77.0 cm³/mol. The highest BCUT2D eigenvalue weighted by atomic mass is 79.9. The van der Waals surface area contributed by atoms with E-state index >= 15 is 0 Å². The van der Waals surface area contributed by atoms with E-state index in [1.807, 2.05) is 0 Å². The number of hydrogen-bond acceptors (Lipinski definition) is 4. The SMILES string of the molecule is CC(C)NC(=O)CNS(=O)(=O)c1ccc(N)c(Br)c1. The number of carbonyl (C=O) groups excluding carboxylic acids is 1. The third-order valence-corrected chi connectivity index (χ3v) is 4.24. The summed E-state index contributed by atoms with van der Waals surface area (Å²) in [5.41, 5.74) is 6.02. The number of anilines is 1. The second-order valence-corrected chi connectivity index (χ2v) is 6.85. The molecule has 106 valence electrons. The zero-order valence-corrected chi connectivity index (χ0v) is 13.0. The molecule has 0 spiro atoms. The topological polar surface area (TPSA) is 101 Å². The van der Waals surface area contributed by atoms with Crippen LogP contribution in [0.25, 0.3) is 0 Å². The maximum atomic E-state index is 11.9. The maximum Gasteiger partial charge on any atom is 0.241 e. The van der Waals surface area contributed by atoms with Gasteiger partial charge in [-0.2, -0.15) is 0 Å². The fourth-order valence-corrected chi connectivity index (χ4v) is 2.83. The van der Waals surface area contributed by atoms with E-state index in [2.05, 4.69) is 26.0 Å². The summed E-state index contributed by atoms with van der Waals surface area (Å²) in [4.78, 5) is 11.4. The number of carbonyl (C=O) groups is 1. The van der Waals surface area contributed by atoms with Crippen LogP contribution in [0.2, 0.25) is 0 Å². The van der Waals surface area contributed by atoms with Crippen LogP contribution in [0.4, 0.5) is 5.69 Å². The maximum absolute atomic E-state index is 11.9. The molecule has 6 nitrogen and oxygen atoms in total. The molecule has 1 rings (SSSR count). The minimum Gasteiger partial charge on any atom is -0.398 e. The number of benzene rings is 1. The zero-order chi connectivity index (χ0) is 14.6. The molecular formula is C11H16BrN3O3S. The van der Waals surface area contributed by atoms with Crippen molar-refractivity contribution in [3.63, 3.8) is 0 Å². The first-order valence-electron chi connectivity index (χ1n) is 5.56. The molecule has 0 unspecified atom stereocenters. The summed E-state index contributed by atoms with van der Waals surface area (Å²) in [5.74, 6) is -0.381. The Labute approximate surface area is 120 Å². The molecule has 0 radical (unpaired) electrons. The number of amides is 1. The van der Waals surface area contributed by atoms with E-state index in [4.69, 9.17) is 5.73 Å². The Morgan fingerprint density at radius 1 is 1.42 bits per heavy atom. The van der Waals surface area contributed by atoms with E-state index in [1.165, 1.54) is 18.2 Å². The van der Waals surface area contributed by atoms with Gasteiger partial charge in [-0.25, -0.2) is 13.1 Å². The minimum atomic E-state index is -3.73. The Balaban J connectivity index is 2.76. The molecule has 0 bridgehead atoms. The first-order chi connectivity index (χ1) is 8.72. The molecule has 0 saturated carbocycles. The highest BCUT2D eigenvalue weighted by molar-refractivity contribution is 9.10. The summed E-state index contributed by atoms with van der Waals surface area (Å²) in [7, 11) is -3.73. The molecule has 0 aliphatic heterocycles. The second-order valence-electron chi connectivity index (χ2n) is 4.23. The molecular weight excluding hydrogens is 334 g/mol. The lowest BCUT2D eigenvalue weighted by Gasteiger charge is -2.10. The van der Waals surface area contributed by atoms with Crippen LogP contribution >= 0.6 is 15.9 Å². The molecule has 1 amide bonds. The normalized spacial score (nSPS) is 11.6. The van der Waals surface area contributed by atoms with Gasteiger partial charge in [-0.1, -0.05) is 0 Å². The van der Waals surface area contributed by atoms with E-state index in [9.17, 15) is 13.2 Å². The summed E-state index contributed by atoms with van der Waals surface area (Å²) in [6.45, 7) is 3.29. The molecule has 0 aromatic heterocycles. The van der Waals surface area contributed by atoms with Gasteiger partial charge in [0.2, 0.25) is 15.9 Å². The van der Waals surface area contributed by atoms with Crippen molar-refractivity contribution in [2.75, 3.05) is 12.3 Å². The van der Waals surface area contributed by atoms with Gasteiger partial charge in [0.25, 0.3) is 0 Å². The van der Waals surface area contributed by atoms with Crippen LogP contribution in [0.3, 0.4) is 0 Å². The van der Waals surface area contributed by atoms with Gasteiger partial charge in [0.05, 0.1) is 11.4 Å². The number of hydrogen-bond donors (Lipinski definition) is 3. The van der Waals surface area contributed by atoms with Crippen molar-refractivity contribution >= 4 is 37.5 Å². The average molecular weight is 350 g/mol. The highest BCUT2D eigenvalue weighted by Gasteiger charge is 2.16. The summed E-state index contributed by atoms with van der Waals surface area (Å²) in [5, 5.41) is 2.59. The van der Waals surface area contributed by atoms with Crippen molar-refractivity contribution in [1.82, 2.24) is 10.0 Å². The summed E-state index contributed by atoms with van der Waals surface area (Å²) in [6.07, 6.45) is 0. The lowest BCUT2D eigenvalue weighted by Crippen LogP contribution is -2.39. The van der Waals surface area contributed by atoms with Gasteiger partial charge in [-0.15, -0.1) is 0 Å². The Morgan fingerprint density at radius 2 is 2.05 bits per heavy atom. The smallest absolute Gasteiger partial charge is 0.241 e. The van der Waals surface area contributed by atoms with Crippen molar-refractivity contribution in [2.45, 2.75) is 24.8 Å². The summed E-state index contributed by atoms with van der Waals surface area (Å²) >= 11 is 3.15. The fourth-order valence-electron chi connectivity index (χ4n) is 1.29. The van der Waals surface area contributed by atoms with Crippen LogP contribution in [-0.2, 0) is 14.8 Å². The number of nitrogens with one attached hydrogen (secondary N) is 2. The van der Waals surface area contributed by atoms with Crippen LogP contribution < -0.4 is 15.8 Å². The molecule has 1 aromatic carbocycles. The van der Waals surface area contributed by atoms with Gasteiger partial charge in [-0.05, 0) is 48.0 Å². The number of nitrogens with two attached hydrogens (primary N) is 1. The first-order valence-corrected chi connectivity index (χ1v) is 7.84. The third-order valence-electron chi connectivity index (χ3n) is 2.15. The molecule has 8 heteroatoms. The van der Waals surface area contributed by atoms with Gasteiger partial charge in [0, 0.05) is 16.2 Å². The standard InChI is InChI=1S/C11H16BrN3O3S/c1-7(2)15-11(16)6-14-19(17,18)8-3-4-10(13)9(12)5-8/h3-5,7,14H,6,13H2,1-2H3,(H,15,16). The fraction of sp³-hybridized carbons (Fsp3) is 0.364. The van der Waals surface area contributed by atoms with Crippen molar-refractivity contribution in [1.29, 1.82) is 0 Å². The number of nitrogen functional groups attached to an aromatic ring is 1. The molecule has 0 heterocycles. The molecule has 0 atom stereocenters.